The Morgan fingerprint density at radius 1 is 0.450 bits per heavy atom. The SMILES string of the molecule is CCc1ccc(-c2ccc(N(c3ccccc3)c3ccc(-n4c5ccccc5c5ccccc54)cc3)cc2)cc1. The second kappa shape index (κ2) is 10.2. The van der Waals surface area contributed by atoms with Crippen molar-refractivity contribution in [2.45, 2.75) is 13.3 Å². The molecular weight excluding hydrogens is 484 g/mol. The molecule has 1 aromatic heterocycles. The molecule has 2 heteroatoms. The van der Waals surface area contributed by atoms with E-state index in [1.807, 2.05) is 0 Å². The Kier molecular flexibility index (Phi) is 6.14. The van der Waals surface area contributed by atoms with Gasteiger partial charge in [0, 0.05) is 33.5 Å². The Hall–Kier alpha value is -5.08. The van der Waals surface area contributed by atoms with Crippen LogP contribution in [0, 0.1) is 0 Å². The van der Waals surface area contributed by atoms with E-state index in [9.17, 15) is 0 Å². The fourth-order valence-electron chi connectivity index (χ4n) is 5.71. The molecule has 1 heterocycles. The Labute approximate surface area is 235 Å². The number of nitrogens with zero attached hydrogens (tertiary/aromatic N) is 2. The number of rotatable bonds is 6. The molecule has 0 radical (unpaired) electrons. The quantitative estimate of drug-likeness (QED) is 0.214. The van der Waals surface area contributed by atoms with E-state index in [1.54, 1.807) is 0 Å². The van der Waals surface area contributed by atoms with Crippen LogP contribution in [0.15, 0.2) is 152 Å². The van der Waals surface area contributed by atoms with E-state index in [0.717, 1.165) is 29.2 Å². The minimum atomic E-state index is 1.06. The molecule has 192 valence electrons. The third kappa shape index (κ3) is 4.24. The molecule has 6 aromatic carbocycles. The molecule has 0 bridgehead atoms. The summed E-state index contributed by atoms with van der Waals surface area (Å²) >= 11 is 0. The summed E-state index contributed by atoms with van der Waals surface area (Å²) in [7, 11) is 0. The summed E-state index contributed by atoms with van der Waals surface area (Å²) in [6, 6.07) is 54.6. The van der Waals surface area contributed by atoms with Crippen molar-refractivity contribution in [1.29, 1.82) is 0 Å². The van der Waals surface area contributed by atoms with Gasteiger partial charge in [-0.1, -0.05) is 97.9 Å². The first-order valence-electron chi connectivity index (χ1n) is 13.9. The van der Waals surface area contributed by atoms with Crippen LogP contribution in [0.2, 0.25) is 0 Å². The van der Waals surface area contributed by atoms with Crippen molar-refractivity contribution in [3.63, 3.8) is 0 Å². The topological polar surface area (TPSA) is 8.17 Å². The van der Waals surface area contributed by atoms with Gasteiger partial charge >= 0.3 is 0 Å². The number of aryl methyl sites for hydroxylation is 1. The summed E-state index contributed by atoms with van der Waals surface area (Å²) in [5.41, 5.74) is 10.8. The van der Waals surface area contributed by atoms with Crippen molar-refractivity contribution < 1.29 is 0 Å². The summed E-state index contributed by atoms with van der Waals surface area (Å²) in [5.74, 6) is 0. The van der Waals surface area contributed by atoms with Crippen molar-refractivity contribution in [1.82, 2.24) is 4.57 Å². The minimum absolute atomic E-state index is 1.06. The van der Waals surface area contributed by atoms with E-state index in [1.165, 1.54) is 38.5 Å². The van der Waals surface area contributed by atoms with Crippen LogP contribution in [0.4, 0.5) is 17.1 Å². The van der Waals surface area contributed by atoms with E-state index in [0.29, 0.717) is 0 Å². The first-order chi connectivity index (χ1) is 19.8. The van der Waals surface area contributed by atoms with Crippen molar-refractivity contribution in [3.8, 4) is 16.8 Å². The molecule has 0 aliphatic rings. The highest BCUT2D eigenvalue weighted by molar-refractivity contribution is 6.09. The molecule has 7 aromatic rings. The molecule has 0 spiro atoms. The Morgan fingerprint density at radius 3 is 1.45 bits per heavy atom. The maximum atomic E-state index is 2.36. The molecule has 2 nitrogen and oxygen atoms in total. The lowest BCUT2D eigenvalue weighted by atomic mass is 10.0. The van der Waals surface area contributed by atoms with Gasteiger partial charge in [0.25, 0.3) is 0 Å². The lowest BCUT2D eigenvalue weighted by molar-refractivity contribution is 1.14. The predicted octanol–water partition coefficient (Wildman–Crippen LogP) is 10.5. The maximum absolute atomic E-state index is 2.36. The van der Waals surface area contributed by atoms with Gasteiger partial charge in [0.05, 0.1) is 11.0 Å². The molecule has 7 rings (SSSR count). The molecule has 40 heavy (non-hydrogen) atoms. The van der Waals surface area contributed by atoms with E-state index >= 15 is 0 Å². The van der Waals surface area contributed by atoms with Gasteiger partial charge < -0.3 is 9.47 Å². The van der Waals surface area contributed by atoms with Crippen LogP contribution in [0.1, 0.15) is 12.5 Å². The number of hydrogen-bond acceptors (Lipinski definition) is 1. The van der Waals surface area contributed by atoms with Crippen molar-refractivity contribution >= 4 is 38.9 Å². The number of benzene rings is 6. The fourth-order valence-corrected chi connectivity index (χ4v) is 5.71. The van der Waals surface area contributed by atoms with Gasteiger partial charge in [-0.2, -0.15) is 0 Å². The van der Waals surface area contributed by atoms with Crippen molar-refractivity contribution in [3.05, 3.63) is 157 Å². The number of para-hydroxylation sites is 3. The first-order valence-corrected chi connectivity index (χ1v) is 13.9. The molecular formula is C38H30N2. The standard InChI is InChI=1S/C38H30N2/c1-2-28-16-18-29(19-17-28)30-20-22-32(23-21-30)39(31-10-4-3-5-11-31)33-24-26-34(27-25-33)40-37-14-8-6-12-35(37)36-13-7-9-15-38(36)40/h3-27H,2H2,1H3. The Morgan fingerprint density at radius 2 is 0.900 bits per heavy atom. The molecule has 0 atom stereocenters. The average Bonchev–Trinajstić information content (AvgIpc) is 3.37. The summed E-state index contributed by atoms with van der Waals surface area (Å²) < 4.78 is 2.36. The van der Waals surface area contributed by atoms with Gasteiger partial charge in [-0.15, -0.1) is 0 Å². The number of fused-ring (bicyclic) bond motifs is 3. The summed E-state index contributed by atoms with van der Waals surface area (Å²) in [6.07, 6.45) is 1.06. The van der Waals surface area contributed by atoms with Gasteiger partial charge in [0.15, 0.2) is 0 Å². The summed E-state index contributed by atoms with van der Waals surface area (Å²) in [6.45, 7) is 2.19. The minimum Gasteiger partial charge on any atom is -0.311 e. The molecule has 0 saturated heterocycles. The third-order valence-electron chi connectivity index (χ3n) is 7.78. The monoisotopic (exact) mass is 514 g/mol. The normalized spacial score (nSPS) is 11.2. The van der Waals surface area contributed by atoms with Gasteiger partial charge in [0.1, 0.15) is 0 Å². The number of hydrogen-bond donors (Lipinski definition) is 0. The Balaban J connectivity index is 1.29. The third-order valence-corrected chi connectivity index (χ3v) is 7.78. The zero-order chi connectivity index (χ0) is 26.9. The highest BCUT2D eigenvalue weighted by Gasteiger charge is 2.15. The van der Waals surface area contributed by atoms with E-state index in [2.05, 4.69) is 168 Å². The van der Waals surface area contributed by atoms with Crippen LogP contribution in [0.5, 0.6) is 0 Å². The van der Waals surface area contributed by atoms with Crippen molar-refractivity contribution in [2.75, 3.05) is 4.90 Å². The predicted molar refractivity (Wildman–Crippen MR) is 170 cm³/mol. The molecule has 0 aliphatic carbocycles. The zero-order valence-corrected chi connectivity index (χ0v) is 22.5. The van der Waals surface area contributed by atoms with Gasteiger partial charge in [-0.05, 0) is 83.8 Å². The summed E-state index contributed by atoms with van der Waals surface area (Å²) in [5, 5.41) is 2.55. The zero-order valence-electron chi connectivity index (χ0n) is 22.5. The van der Waals surface area contributed by atoms with Crippen LogP contribution in [-0.4, -0.2) is 4.57 Å². The molecule has 0 fully saturated rings. The van der Waals surface area contributed by atoms with Crippen LogP contribution in [-0.2, 0) is 6.42 Å². The van der Waals surface area contributed by atoms with Crippen LogP contribution in [0.25, 0.3) is 38.6 Å². The van der Waals surface area contributed by atoms with E-state index in [-0.39, 0.29) is 0 Å². The van der Waals surface area contributed by atoms with E-state index < -0.39 is 0 Å². The molecule has 0 saturated carbocycles. The second-order valence-electron chi connectivity index (χ2n) is 10.2. The van der Waals surface area contributed by atoms with Crippen LogP contribution >= 0.6 is 0 Å². The second-order valence-corrected chi connectivity index (χ2v) is 10.2. The number of anilines is 3. The largest absolute Gasteiger partial charge is 0.311 e. The Bertz CT molecular complexity index is 1840. The molecule has 0 N–H and O–H groups in total. The lowest BCUT2D eigenvalue weighted by Crippen LogP contribution is -2.10. The molecule has 0 amide bonds. The van der Waals surface area contributed by atoms with E-state index in [4.69, 9.17) is 0 Å². The van der Waals surface area contributed by atoms with Crippen molar-refractivity contribution in [2.24, 2.45) is 0 Å². The van der Waals surface area contributed by atoms with Gasteiger partial charge in [-0.25, -0.2) is 0 Å². The highest BCUT2D eigenvalue weighted by Crippen LogP contribution is 2.37. The summed E-state index contributed by atoms with van der Waals surface area (Å²) in [4.78, 5) is 2.32. The lowest BCUT2D eigenvalue weighted by Gasteiger charge is -2.26. The van der Waals surface area contributed by atoms with Gasteiger partial charge in [0.2, 0.25) is 0 Å². The maximum Gasteiger partial charge on any atom is 0.0541 e. The van der Waals surface area contributed by atoms with Gasteiger partial charge in [-0.3, -0.25) is 0 Å². The molecule has 0 unspecified atom stereocenters. The average molecular weight is 515 g/mol. The fraction of sp³-hybridized carbons (Fsp3) is 0.0526. The van der Waals surface area contributed by atoms with Crippen LogP contribution < -0.4 is 4.90 Å². The number of aromatic nitrogens is 1. The molecule has 0 aliphatic heterocycles. The highest BCUT2D eigenvalue weighted by atomic mass is 15.1. The smallest absolute Gasteiger partial charge is 0.0541 e. The van der Waals surface area contributed by atoms with Crippen LogP contribution in [0.3, 0.4) is 0 Å². The first kappa shape index (κ1) is 24.0.